The largest absolute Gasteiger partial charge is 0.355 e. The van der Waals surface area contributed by atoms with Crippen molar-refractivity contribution >= 4 is 32.9 Å². The molecule has 0 aliphatic heterocycles. The fourth-order valence-electron chi connectivity index (χ4n) is 4.87. The first-order valence-electron chi connectivity index (χ1n) is 13.3. The van der Waals surface area contributed by atoms with Crippen molar-refractivity contribution in [3.05, 3.63) is 170 Å². The lowest BCUT2D eigenvalue weighted by Gasteiger charge is -2.11. The highest BCUT2D eigenvalue weighted by Crippen LogP contribution is 2.30. The van der Waals surface area contributed by atoms with Crippen molar-refractivity contribution in [3.63, 3.8) is 0 Å². The van der Waals surface area contributed by atoms with E-state index in [2.05, 4.69) is 145 Å². The Hall–Kier alpha value is -5.14. The van der Waals surface area contributed by atoms with Crippen LogP contribution in [0, 0.1) is 0 Å². The van der Waals surface area contributed by atoms with Gasteiger partial charge in [-0.3, -0.25) is 0 Å². The molecule has 0 aliphatic carbocycles. The molecule has 0 bridgehead atoms. The van der Waals surface area contributed by atoms with Crippen LogP contribution >= 0.6 is 0 Å². The lowest BCUT2D eigenvalue weighted by Crippen LogP contribution is -1.91. The molecule has 1 nitrogen and oxygen atoms in total. The standard InChI is InChI=1S/C20H15N.C18H14/c1-2-10-18(11-3-1)21-20-12-6-9-17-13-15-7-4-5-8-16(15)14-19(17)20;1-3-7-15(8-4-1)17-11-13-18(14-12-17)16-9-5-2-6-10-16/h1-14,21H;1-14H. The van der Waals surface area contributed by atoms with Gasteiger partial charge in [0.2, 0.25) is 0 Å². The average molecular weight is 500 g/mol. The first-order valence-corrected chi connectivity index (χ1v) is 13.3. The van der Waals surface area contributed by atoms with Gasteiger partial charge in [-0.25, -0.2) is 0 Å². The first-order chi connectivity index (χ1) is 19.3. The van der Waals surface area contributed by atoms with Gasteiger partial charge in [-0.05, 0) is 68.7 Å². The Morgan fingerprint density at radius 2 is 0.744 bits per heavy atom. The van der Waals surface area contributed by atoms with E-state index in [4.69, 9.17) is 0 Å². The summed E-state index contributed by atoms with van der Waals surface area (Å²) in [6.07, 6.45) is 0. The summed E-state index contributed by atoms with van der Waals surface area (Å²) in [7, 11) is 0. The molecule has 1 N–H and O–H groups in total. The van der Waals surface area contributed by atoms with Gasteiger partial charge in [0.05, 0.1) is 0 Å². The smallest absolute Gasteiger partial charge is 0.0464 e. The topological polar surface area (TPSA) is 12.0 Å². The summed E-state index contributed by atoms with van der Waals surface area (Å²) in [5.41, 5.74) is 7.29. The number of rotatable bonds is 4. The molecule has 0 unspecified atom stereocenters. The summed E-state index contributed by atoms with van der Waals surface area (Å²) in [4.78, 5) is 0. The highest BCUT2D eigenvalue weighted by atomic mass is 14.9. The van der Waals surface area contributed by atoms with E-state index in [1.807, 2.05) is 30.3 Å². The van der Waals surface area contributed by atoms with Crippen LogP contribution in [0.15, 0.2) is 170 Å². The Morgan fingerprint density at radius 3 is 1.31 bits per heavy atom. The predicted molar refractivity (Wildman–Crippen MR) is 168 cm³/mol. The van der Waals surface area contributed by atoms with Crippen molar-refractivity contribution in [2.45, 2.75) is 0 Å². The van der Waals surface area contributed by atoms with E-state index in [-0.39, 0.29) is 0 Å². The fraction of sp³-hybridized carbons (Fsp3) is 0. The molecule has 0 fully saturated rings. The lowest BCUT2D eigenvalue weighted by molar-refractivity contribution is 1.58. The molecule has 39 heavy (non-hydrogen) atoms. The molecule has 0 aromatic heterocycles. The second-order valence-corrected chi connectivity index (χ2v) is 9.53. The third-order valence-corrected chi connectivity index (χ3v) is 6.90. The van der Waals surface area contributed by atoms with Gasteiger partial charge in [0.15, 0.2) is 0 Å². The van der Waals surface area contributed by atoms with E-state index in [9.17, 15) is 0 Å². The fourth-order valence-corrected chi connectivity index (χ4v) is 4.87. The molecule has 0 atom stereocenters. The normalized spacial score (nSPS) is 10.6. The zero-order chi connectivity index (χ0) is 26.3. The van der Waals surface area contributed by atoms with Gasteiger partial charge in [-0.1, -0.05) is 140 Å². The van der Waals surface area contributed by atoms with Crippen LogP contribution in [0.25, 0.3) is 43.8 Å². The summed E-state index contributed by atoms with van der Waals surface area (Å²) >= 11 is 0. The van der Waals surface area contributed by atoms with E-state index in [1.165, 1.54) is 43.8 Å². The summed E-state index contributed by atoms with van der Waals surface area (Å²) in [5, 5.41) is 8.57. The van der Waals surface area contributed by atoms with Crippen LogP contribution in [0.5, 0.6) is 0 Å². The van der Waals surface area contributed by atoms with E-state index in [0.29, 0.717) is 0 Å². The predicted octanol–water partition coefficient (Wildman–Crippen LogP) is 10.8. The van der Waals surface area contributed by atoms with Crippen molar-refractivity contribution in [3.8, 4) is 22.3 Å². The molecule has 0 saturated carbocycles. The summed E-state index contributed by atoms with van der Waals surface area (Å²) in [5.74, 6) is 0. The maximum atomic E-state index is 3.51. The first kappa shape index (κ1) is 24.2. The zero-order valence-electron chi connectivity index (χ0n) is 21.7. The third-order valence-electron chi connectivity index (χ3n) is 6.90. The number of fused-ring (bicyclic) bond motifs is 2. The molecule has 0 aliphatic rings. The number of nitrogens with one attached hydrogen (secondary N) is 1. The van der Waals surface area contributed by atoms with Crippen LogP contribution in [0.4, 0.5) is 11.4 Å². The minimum Gasteiger partial charge on any atom is -0.355 e. The second-order valence-electron chi connectivity index (χ2n) is 9.53. The minimum absolute atomic E-state index is 1.11. The molecule has 186 valence electrons. The maximum Gasteiger partial charge on any atom is 0.0464 e. The molecule has 7 aromatic carbocycles. The molecule has 0 radical (unpaired) electrons. The highest BCUT2D eigenvalue weighted by molar-refractivity contribution is 6.04. The summed E-state index contributed by atoms with van der Waals surface area (Å²) in [6, 6.07) is 59.3. The second kappa shape index (κ2) is 11.5. The molecular formula is C38H29N. The summed E-state index contributed by atoms with van der Waals surface area (Å²) in [6.45, 7) is 0. The van der Waals surface area contributed by atoms with Crippen molar-refractivity contribution in [1.29, 1.82) is 0 Å². The van der Waals surface area contributed by atoms with Crippen LogP contribution in [0.1, 0.15) is 0 Å². The van der Waals surface area contributed by atoms with Gasteiger partial charge < -0.3 is 5.32 Å². The van der Waals surface area contributed by atoms with Gasteiger partial charge in [0.25, 0.3) is 0 Å². The Labute approximate surface area is 230 Å². The Bertz CT molecular complexity index is 1730. The van der Waals surface area contributed by atoms with Crippen molar-refractivity contribution < 1.29 is 0 Å². The molecular weight excluding hydrogens is 470 g/mol. The van der Waals surface area contributed by atoms with Crippen LogP contribution in [-0.2, 0) is 0 Å². The zero-order valence-corrected chi connectivity index (χ0v) is 21.7. The monoisotopic (exact) mass is 499 g/mol. The van der Waals surface area contributed by atoms with Gasteiger partial charge in [0.1, 0.15) is 0 Å². The van der Waals surface area contributed by atoms with Crippen molar-refractivity contribution in [2.24, 2.45) is 0 Å². The Kier molecular flexibility index (Phi) is 7.14. The number of para-hydroxylation sites is 1. The van der Waals surface area contributed by atoms with E-state index < -0.39 is 0 Å². The number of hydrogen-bond acceptors (Lipinski definition) is 1. The molecule has 0 spiro atoms. The van der Waals surface area contributed by atoms with E-state index in [0.717, 1.165) is 11.4 Å². The van der Waals surface area contributed by atoms with Crippen LogP contribution in [-0.4, -0.2) is 0 Å². The van der Waals surface area contributed by atoms with Gasteiger partial charge >= 0.3 is 0 Å². The van der Waals surface area contributed by atoms with Crippen LogP contribution < -0.4 is 5.32 Å². The Morgan fingerprint density at radius 1 is 0.308 bits per heavy atom. The van der Waals surface area contributed by atoms with Gasteiger partial charge in [-0.15, -0.1) is 0 Å². The molecule has 0 heterocycles. The third kappa shape index (κ3) is 5.74. The molecule has 7 aromatic rings. The lowest BCUT2D eigenvalue weighted by atomic mass is 10.0. The average Bonchev–Trinajstić information content (AvgIpc) is 3.02. The van der Waals surface area contributed by atoms with E-state index in [1.54, 1.807) is 0 Å². The highest BCUT2D eigenvalue weighted by Gasteiger charge is 2.03. The SMILES string of the molecule is c1ccc(-c2ccc(-c3ccccc3)cc2)cc1.c1ccc(Nc2cccc3cc4ccccc4cc23)cc1. The van der Waals surface area contributed by atoms with Crippen LogP contribution in [0.3, 0.4) is 0 Å². The summed E-state index contributed by atoms with van der Waals surface area (Å²) < 4.78 is 0. The molecule has 0 saturated heterocycles. The molecule has 0 amide bonds. The van der Waals surface area contributed by atoms with Crippen molar-refractivity contribution in [2.75, 3.05) is 5.32 Å². The van der Waals surface area contributed by atoms with Gasteiger partial charge in [-0.2, -0.15) is 0 Å². The van der Waals surface area contributed by atoms with E-state index >= 15 is 0 Å². The quantitative estimate of drug-likeness (QED) is 0.237. The van der Waals surface area contributed by atoms with Crippen LogP contribution in [0.2, 0.25) is 0 Å². The number of benzene rings is 7. The number of anilines is 2. The molecule has 7 rings (SSSR count). The molecule has 1 heteroatoms. The number of hydrogen-bond donors (Lipinski definition) is 1. The Balaban J connectivity index is 0.000000144. The maximum absolute atomic E-state index is 3.51. The minimum atomic E-state index is 1.11. The van der Waals surface area contributed by atoms with Gasteiger partial charge in [0, 0.05) is 16.8 Å². The van der Waals surface area contributed by atoms with Crippen molar-refractivity contribution in [1.82, 2.24) is 0 Å².